The number of furan rings is 1. The van der Waals surface area contributed by atoms with Crippen LogP contribution in [0.5, 0.6) is 0 Å². The first-order valence-corrected chi connectivity index (χ1v) is 21.8. The zero-order valence-electron chi connectivity index (χ0n) is 36.4. The van der Waals surface area contributed by atoms with Crippen LogP contribution in [0, 0.1) is 0 Å². The molecule has 0 saturated carbocycles. The largest absolute Gasteiger partial charge is 0.456 e. The number of benzene rings is 9. The highest BCUT2D eigenvalue weighted by Crippen LogP contribution is 2.49. The van der Waals surface area contributed by atoms with E-state index in [9.17, 15) is 0 Å². The van der Waals surface area contributed by atoms with Crippen LogP contribution in [-0.4, -0.2) is 0 Å². The zero-order chi connectivity index (χ0) is 42.6. The number of hydrogen-bond acceptors (Lipinski definition) is 2. The van der Waals surface area contributed by atoms with E-state index in [0.29, 0.717) is 0 Å². The summed E-state index contributed by atoms with van der Waals surface area (Å²) >= 11 is 0. The maximum absolute atomic E-state index is 6.39. The molecule has 2 heteroatoms. The molecule has 0 unspecified atom stereocenters. The molecule has 0 amide bonds. The SMILES string of the molecule is CC(C)(C)c1cc(-c2cccc3cccc(-c4ccccc4N(c4ccc5oc6ccccc6c5c4)c4ccc(-c5ccccc5)cc4-c4ccccc4)c23)cc(C(C)(C)C)c1. The van der Waals surface area contributed by atoms with Gasteiger partial charge in [-0.15, -0.1) is 0 Å². The van der Waals surface area contributed by atoms with E-state index in [1.807, 2.05) is 6.07 Å². The summed E-state index contributed by atoms with van der Waals surface area (Å²) in [6.45, 7) is 13.9. The van der Waals surface area contributed by atoms with Crippen LogP contribution in [0.1, 0.15) is 52.7 Å². The molecule has 10 aromatic rings. The van der Waals surface area contributed by atoms with Crippen LogP contribution in [0.2, 0.25) is 0 Å². The maximum Gasteiger partial charge on any atom is 0.135 e. The highest BCUT2D eigenvalue weighted by Gasteiger charge is 2.25. The van der Waals surface area contributed by atoms with Gasteiger partial charge >= 0.3 is 0 Å². The summed E-state index contributed by atoms with van der Waals surface area (Å²) in [5.41, 5.74) is 17.1. The normalized spacial score (nSPS) is 12.0. The lowest BCUT2D eigenvalue weighted by molar-refractivity contribution is 0.569. The molecule has 0 saturated heterocycles. The van der Waals surface area contributed by atoms with Crippen LogP contribution in [0.4, 0.5) is 17.1 Å². The first-order valence-electron chi connectivity index (χ1n) is 21.8. The van der Waals surface area contributed by atoms with E-state index < -0.39 is 0 Å². The molecule has 0 fully saturated rings. The Labute approximate surface area is 365 Å². The Kier molecular flexibility index (Phi) is 9.68. The van der Waals surface area contributed by atoms with Gasteiger partial charge in [-0.3, -0.25) is 0 Å². The second kappa shape index (κ2) is 15.4. The summed E-state index contributed by atoms with van der Waals surface area (Å²) in [6, 6.07) is 73.1. The van der Waals surface area contributed by atoms with E-state index in [1.165, 1.54) is 49.7 Å². The Morgan fingerprint density at radius 2 is 0.935 bits per heavy atom. The zero-order valence-corrected chi connectivity index (χ0v) is 36.4. The standard InChI is InChI=1S/C60H51NO/c1-59(2,3)45-35-44(36-46(38-45)60(4,5)6)48-27-17-23-42-24-18-28-51(58(42)48)49-25-13-15-29-54(49)61(47-32-34-57-53(39-47)50-26-14-16-30-56(50)62-57)55-33-31-43(40-19-9-7-10-20-40)37-52(55)41-21-11-8-12-22-41/h7-39H,1-6H3. The summed E-state index contributed by atoms with van der Waals surface area (Å²) in [5, 5.41) is 4.64. The fraction of sp³-hybridized carbons (Fsp3) is 0.133. The quantitative estimate of drug-likeness (QED) is 0.160. The molecule has 10 rings (SSSR count). The lowest BCUT2D eigenvalue weighted by Crippen LogP contribution is -2.16. The van der Waals surface area contributed by atoms with E-state index in [0.717, 1.165) is 55.7 Å². The second-order valence-electron chi connectivity index (χ2n) is 18.6. The molecule has 0 atom stereocenters. The van der Waals surface area contributed by atoms with Gasteiger partial charge in [0.25, 0.3) is 0 Å². The highest BCUT2D eigenvalue weighted by molar-refractivity contribution is 6.10. The molecule has 0 spiro atoms. The van der Waals surface area contributed by atoms with Gasteiger partial charge in [-0.2, -0.15) is 0 Å². The number of rotatable bonds is 7. The molecule has 0 aliphatic rings. The van der Waals surface area contributed by atoms with Crippen molar-refractivity contribution in [1.82, 2.24) is 0 Å². The van der Waals surface area contributed by atoms with Crippen molar-refractivity contribution in [3.8, 4) is 44.5 Å². The molecule has 1 heterocycles. The van der Waals surface area contributed by atoms with Gasteiger partial charge in [0.15, 0.2) is 0 Å². The third kappa shape index (κ3) is 7.16. The van der Waals surface area contributed by atoms with Crippen LogP contribution in [0.3, 0.4) is 0 Å². The average molecular weight is 802 g/mol. The fourth-order valence-electron chi connectivity index (χ4n) is 9.00. The van der Waals surface area contributed by atoms with Crippen molar-refractivity contribution < 1.29 is 4.42 Å². The average Bonchev–Trinajstić information content (AvgIpc) is 3.67. The van der Waals surface area contributed by atoms with E-state index in [4.69, 9.17) is 4.42 Å². The molecule has 0 aliphatic heterocycles. The lowest BCUT2D eigenvalue weighted by Gasteiger charge is -2.31. The Balaban J connectivity index is 1.26. The minimum absolute atomic E-state index is 0.00946. The van der Waals surface area contributed by atoms with Crippen LogP contribution < -0.4 is 4.90 Å². The number of nitrogens with zero attached hydrogens (tertiary/aromatic N) is 1. The van der Waals surface area contributed by atoms with Crippen molar-refractivity contribution >= 4 is 49.8 Å². The van der Waals surface area contributed by atoms with Gasteiger partial charge in [0.05, 0.1) is 11.4 Å². The Bertz CT molecular complexity index is 3210. The minimum atomic E-state index is -0.00946. The van der Waals surface area contributed by atoms with Crippen molar-refractivity contribution in [3.05, 3.63) is 211 Å². The molecule has 62 heavy (non-hydrogen) atoms. The Morgan fingerprint density at radius 1 is 0.355 bits per heavy atom. The van der Waals surface area contributed by atoms with Gasteiger partial charge in [0, 0.05) is 27.6 Å². The monoisotopic (exact) mass is 801 g/mol. The molecule has 0 bridgehead atoms. The van der Waals surface area contributed by atoms with Crippen LogP contribution in [0.25, 0.3) is 77.2 Å². The van der Waals surface area contributed by atoms with Crippen molar-refractivity contribution in [3.63, 3.8) is 0 Å². The van der Waals surface area contributed by atoms with Gasteiger partial charge < -0.3 is 9.32 Å². The number of para-hydroxylation sites is 2. The molecular weight excluding hydrogens is 751 g/mol. The number of anilines is 3. The summed E-state index contributed by atoms with van der Waals surface area (Å²) in [7, 11) is 0. The lowest BCUT2D eigenvalue weighted by atomic mass is 9.78. The predicted octanol–water partition coefficient (Wildman–Crippen LogP) is 17.5. The number of fused-ring (bicyclic) bond motifs is 4. The molecule has 9 aromatic carbocycles. The van der Waals surface area contributed by atoms with Crippen molar-refractivity contribution in [2.75, 3.05) is 4.90 Å². The third-order valence-corrected chi connectivity index (χ3v) is 12.4. The topological polar surface area (TPSA) is 16.4 Å². The first-order chi connectivity index (χ1) is 30.0. The van der Waals surface area contributed by atoms with Crippen molar-refractivity contribution in [2.45, 2.75) is 52.4 Å². The van der Waals surface area contributed by atoms with Gasteiger partial charge in [-0.1, -0.05) is 199 Å². The van der Waals surface area contributed by atoms with Crippen molar-refractivity contribution in [2.24, 2.45) is 0 Å². The fourth-order valence-corrected chi connectivity index (χ4v) is 9.00. The van der Waals surface area contributed by atoms with Gasteiger partial charge in [0.2, 0.25) is 0 Å². The van der Waals surface area contributed by atoms with Crippen LogP contribution >= 0.6 is 0 Å². The summed E-state index contributed by atoms with van der Waals surface area (Å²) in [5.74, 6) is 0. The Morgan fingerprint density at radius 3 is 1.65 bits per heavy atom. The van der Waals surface area contributed by atoms with Crippen molar-refractivity contribution in [1.29, 1.82) is 0 Å². The van der Waals surface area contributed by atoms with Crippen LogP contribution in [0.15, 0.2) is 205 Å². The molecule has 2 nitrogen and oxygen atoms in total. The number of hydrogen-bond donors (Lipinski definition) is 0. The highest BCUT2D eigenvalue weighted by atomic mass is 16.3. The molecule has 302 valence electrons. The maximum atomic E-state index is 6.39. The summed E-state index contributed by atoms with van der Waals surface area (Å²) < 4.78 is 6.39. The predicted molar refractivity (Wildman–Crippen MR) is 265 cm³/mol. The molecule has 1 aromatic heterocycles. The van der Waals surface area contributed by atoms with Gasteiger partial charge in [0.1, 0.15) is 11.2 Å². The minimum Gasteiger partial charge on any atom is -0.456 e. The first kappa shape index (κ1) is 39.0. The van der Waals surface area contributed by atoms with E-state index >= 15 is 0 Å². The molecule has 0 N–H and O–H groups in total. The Hall–Kier alpha value is -7.16. The van der Waals surface area contributed by atoms with E-state index in [1.54, 1.807) is 0 Å². The molecule has 0 aliphatic carbocycles. The van der Waals surface area contributed by atoms with Gasteiger partial charge in [-0.25, -0.2) is 0 Å². The van der Waals surface area contributed by atoms with E-state index in [2.05, 4.69) is 241 Å². The smallest absolute Gasteiger partial charge is 0.135 e. The second-order valence-corrected chi connectivity index (χ2v) is 18.6. The third-order valence-electron chi connectivity index (χ3n) is 12.4. The van der Waals surface area contributed by atoms with E-state index in [-0.39, 0.29) is 10.8 Å². The molecule has 0 radical (unpaired) electrons. The summed E-state index contributed by atoms with van der Waals surface area (Å²) in [4.78, 5) is 2.47. The van der Waals surface area contributed by atoms with Crippen LogP contribution in [-0.2, 0) is 10.8 Å². The molecular formula is C60H51NO. The van der Waals surface area contributed by atoms with Gasteiger partial charge in [-0.05, 0) is 109 Å². The summed E-state index contributed by atoms with van der Waals surface area (Å²) in [6.07, 6.45) is 0.